The lowest BCUT2D eigenvalue weighted by Gasteiger charge is -2.24. The molecule has 0 radical (unpaired) electrons. The van der Waals surface area contributed by atoms with E-state index in [0.717, 1.165) is 4.31 Å². The van der Waals surface area contributed by atoms with E-state index >= 15 is 0 Å². The lowest BCUT2D eigenvalue weighted by Crippen LogP contribution is -2.43. The summed E-state index contributed by atoms with van der Waals surface area (Å²) < 4.78 is 38.0. The third-order valence-corrected chi connectivity index (χ3v) is 7.19. The van der Waals surface area contributed by atoms with Gasteiger partial charge in [0.2, 0.25) is 15.9 Å². The molecule has 1 fully saturated rings. The molecule has 182 valence electrons. The van der Waals surface area contributed by atoms with Gasteiger partial charge in [-0.15, -0.1) is 0 Å². The number of carboxylic acid groups (broad SMARTS) is 1. The second-order valence-corrected chi connectivity index (χ2v) is 9.32. The Kier molecular flexibility index (Phi) is 7.74. The van der Waals surface area contributed by atoms with Crippen LogP contribution in [0.4, 0.5) is 5.69 Å². The Morgan fingerprint density at radius 2 is 1.74 bits per heavy atom. The van der Waals surface area contributed by atoms with Gasteiger partial charge in [-0.1, -0.05) is 0 Å². The van der Waals surface area contributed by atoms with Gasteiger partial charge < -0.3 is 25.2 Å². The second-order valence-electron chi connectivity index (χ2n) is 7.43. The zero-order valence-electron chi connectivity index (χ0n) is 18.6. The van der Waals surface area contributed by atoms with Gasteiger partial charge in [0.15, 0.2) is 11.5 Å². The average molecular weight is 492 g/mol. The van der Waals surface area contributed by atoms with Crippen LogP contribution in [0.5, 0.6) is 11.5 Å². The Morgan fingerprint density at radius 1 is 1.06 bits per heavy atom. The molecular formula is C22H25N3O8S. The van der Waals surface area contributed by atoms with Crippen LogP contribution in [0.15, 0.2) is 47.4 Å². The van der Waals surface area contributed by atoms with Crippen LogP contribution in [-0.2, 0) is 19.6 Å². The van der Waals surface area contributed by atoms with Gasteiger partial charge in [-0.3, -0.25) is 14.4 Å². The van der Waals surface area contributed by atoms with Crippen LogP contribution in [0.1, 0.15) is 23.2 Å². The van der Waals surface area contributed by atoms with Gasteiger partial charge in [0.1, 0.15) is 12.6 Å². The number of hydrogen-bond donors (Lipinski definition) is 3. The molecule has 0 bridgehead atoms. The number of carboxylic acids is 1. The molecule has 2 aromatic carbocycles. The molecule has 1 atom stereocenters. The minimum atomic E-state index is -3.98. The van der Waals surface area contributed by atoms with Gasteiger partial charge >= 0.3 is 5.97 Å². The summed E-state index contributed by atoms with van der Waals surface area (Å²) in [7, 11) is -1.13. The molecule has 11 nitrogen and oxygen atoms in total. The van der Waals surface area contributed by atoms with Crippen molar-refractivity contribution in [2.45, 2.75) is 23.8 Å². The van der Waals surface area contributed by atoms with E-state index in [1.54, 1.807) is 0 Å². The van der Waals surface area contributed by atoms with Gasteiger partial charge in [0.25, 0.3) is 5.91 Å². The van der Waals surface area contributed by atoms with Gasteiger partial charge in [-0.25, -0.2) is 8.42 Å². The van der Waals surface area contributed by atoms with E-state index in [4.69, 9.17) is 14.6 Å². The minimum Gasteiger partial charge on any atom is -0.493 e. The number of carbonyl (C=O) groups excluding carboxylic acids is 2. The molecule has 0 aromatic heterocycles. The van der Waals surface area contributed by atoms with Gasteiger partial charge in [-0.05, 0) is 49.2 Å². The summed E-state index contributed by atoms with van der Waals surface area (Å²) in [5.74, 6) is -1.58. The third kappa shape index (κ3) is 5.46. The molecule has 2 amide bonds. The Labute approximate surface area is 196 Å². The smallest absolute Gasteiger partial charge is 0.322 e. The van der Waals surface area contributed by atoms with Crippen molar-refractivity contribution in [2.24, 2.45) is 0 Å². The zero-order chi connectivity index (χ0) is 24.9. The van der Waals surface area contributed by atoms with Crippen molar-refractivity contribution in [1.29, 1.82) is 0 Å². The van der Waals surface area contributed by atoms with E-state index in [1.807, 2.05) is 0 Å². The Bertz CT molecular complexity index is 1180. The molecule has 3 rings (SSSR count). The topological polar surface area (TPSA) is 151 Å². The number of methoxy groups -OCH3 is 2. The van der Waals surface area contributed by atoms with Crippen molar-refractivity contribution < 1.29 is 37.4 Å². The molecule has 34 heavy (non-hydrogen) atoms. The number of hydrogen-bond acceptors (Lipinski definition) is 7. The van der Waals surface area contributed by atoms with Crippen molar-refractivity contribution in [3.05, 3.63) is 48.0 Å². The molecule has 1 aliphatic heterocycles. The van der Waals surface area contributed by atoms with Crippen LogP contribution >= 0.6 is 0 Å². The number of amides is 2. The Morgan fingerprint density at radius 3 is 2.35 bits per heavy atom. The van der Waals surface area contributed by atoms with Crippen molar-refractivity contribution in [3.8, 4) is 11.5 Å². The molecule has 0 aliphatic carbocycles. The molecule has 1 heterocycles. The number of sulfonamides is 1. The second kappa shape index (κ2) is 10.5. The number of rotatable bonds is 9. The molecule has 3 N–H and O–H groups in total. The third-order valence-electron chi connectivity index (χ3n) is 5.28. The quantitative estimate of drug-likeness (QED) is 0.475. The van der Waals surface area contributed by atoms with E-state index in [-0.39, 0.29) is 22.8 Å². The Hall–Kier alpha value is -3.64. The summed E-state index contributed by atoms with van der Waals surface area (Å²) in [6.45, 7) is -0.319. The van der Waals surface area contributed by atoms with E-state index in [9.17, 15) is 22.8 Å². The summed E-state index contributed by atoms with van der Waals surface area (Å²) in [5, 5.41) is 13.6. The standard InChI is InChI=1S/C22H25N3O8S/c1-32-18-10-9-16(12-19(18)33-2)34(30,31)25-11-3-4-17(25)22(29)24-15-7-5-14(6-8-15)21(28)23-13-20(26)27/h5-10,12,17H,3-4,11,13H2,1-2H3,(H,23,28)(H,24,29)(H,26,27). The molecule has 12 heteroatoms. The number of ether oxygens (including phenoxy) is 2. The number of anilines is 1. The fourth-order valence-corrected chi connectivity index (χ4v) is 5.26. The number of aliphatic carboxylic acids is 1. The van der Waals surface area contributed by atoms with Crippen molar-refractivity contribution in [1.82, 2.24) is 9.62 Å². The molecule has 2 aromatic rings. The summed E-state index contributed by atoms with van der Waals surface area (Å²) in [5.41, 5.74) is 0.591. The van der Waals surface area contributed by atoms with Crippen molar-refractivity contribution in [3.63, 3.8) is 0 Å². The zero-order valence-corrected chi connectivity index (χ0v) is 19.4. The highest BCUT2D eigenvalue weighted by Gasteiger charge is 2.39. The number of benzene rings is 2. The van der Waals surface area contributed by atoms with Crippen LogP contribution in [0.3, 0.4) is 0 Å². The molecule has 0 saturated carbocycles. The van der Waals surface area contributed by atoms with E-state index in [1.165, 1.54) is 56.7 Å². The summed E-state index contributed by atoms with van der Waals surface area (Å²) in [6.07, 6.45) is 0.876. The number of carbonyl (C=O) groups is 3. The minimum absolute atomic E-state index is 0.0124. The van der Waals surface area contributed by atoms with Crippen LogP contribution in [0, 0.1) is 0 Å². The summed E-state index contributed by atoms with van der Waals surface area (Å²) >= 11 is 0. The molecule has 1 unspecified atom stereocenters. The number of nitrogens with one attached hydrogen (secondary N) is 2. The SMILES string of the molecule is COc1ccc(S(=O)(=O)N2CCCC2C(=O)Nc2ccc(C(=O)NCC(=O)O)cc2)cc1OC. The molecule has 1 aliphatic rings. The van der Waals surface area contributed by atoms with Gasteiger partial charge in [0, 0.05) is 23.9 Å². The largest absolute Gasteiger partial charge is 0.493 e. The highest BCUT2D eigenvalue weighted by molar-refractivity contribution is 7.89. The summed E-state index contributed by atoms with van der Waals surface area (Å²) in [4.78, 5) is 35.4. The number of nitrogens with zero attached hydrogens (tertiary/aromatic N) is 1. The highest BCUT2D eigenvalue weighted by Crippen LogP contribution is 2.33. The maximum Gasteiger partial charge on any atom is 0.322 e. The summed E-state index contributed by atoms with van der Waals surface area (Å²) in [6, 6.07) is 9.17. The van der Waals surface area contributed by atoms with Crippen molar-refractivity contribution >= 4 is 33.5 Å². The van der Waals surface area contributed by atoms with Crippen LogP contribution in [0.25, 0.3) is 0 Å². The van der Waals surface area contributed by atoms with Crippen LogP contribution < -0.4 is 20.1 Å². The Balaban J connectivity index is 1.73. The van der Waals surface area contributed by atoms with Crippen molar-refractivity contribution in [2.75, 3.05) is 32.6 Å². The average Bonchev–Trinajstić information content (AvgIpc) is 3.33. The van der Waals surface area contributed by atoms with Crippen LogP contribution in [-0.4, -0.2) is 69.0 Å². The maximum atomic E-state index is 13.3. The van der Waals surface area contributed by atoms with Gasteiger partial charge in [-0.2, -0.15) is 4.31 Å². The first-order valence-electron chi connectivity index (χ1n) is 10.3. The maximum absolute atomic E-state index is 13.3. The normalized spacial score (nSPS) is 16.0. The lowest BCUT2D eigenvalue weighted by molar-refractivity contribution is -0.135. The van der Waals surface area contributed by atoms with Crippen LogP contribution in [0.2, 0.25) is 0 Å². The monoisotopic (exact) mass is 491 g/mol. The molecular weight excluding hydrogens is 466 g/mol. The fraction of sp³-hybridized carbons (Fsp3) is 0.318. The van der Waals surface area contributed by atoms with Gasteiger partial charge in [0.05, 0.1) is 19.1 Å². The fourth-order valence-electron chi connectivity index (χ4n) is 3.59. The first-order valence-corrected chi connectivity index (χ1v) is 11.8. The first kappa shape index (κ1) is 25.0. The van der Waals surface area contributed by atoms with E-state index in [2.05, 4.69) is 10.6 Å². The predicted molar refractivity (Wildman–Crippen MR) is 122 cm³/mol. The molecule has 0 spiro atoms. The van der Waals surface area contributed by atoms with E-state index in [0.29, 0.717) is 24.3 Å². The van der Waals surface area contributed by atoms with E-state index < -0.39 is 40.4 Å². The molecule has 1 saturated heterocycles. The highest BCUT2D eigenvalue weighted by atomic mass is 32.2. The lowest BCUT2D eigenvalue weighted by atomic mass is 10.1. The predicted octanol–water partition coefficient (Wildman–Crippen LogP) is 1.31. The first-order chi connectivity index (χ1) is 16.2.